The lowest BCUT2D eigenvalue weighted by Crippen LogP contribution is -2.35. The number of nitrogens with one attached hydrogen (secondary N) is 1. The van der Waals surface area contributed by atoms with Crippen LogP contribution in [0.4, 0.5) is 5.69 Å². The smallest absolute Gasteiger partial charge is 0.227 e. The number of carbonyl (C=O) groups excluding carboxylic acids is 2. The average Bonchev–Trinajstić information content (AvgIpc) is 3.20. The highest BCUT2D eigenvalue weighted by molar-refractivity contribution is 5.97. The number of rotatable bonds is 5. The number of fused-ring (bicyclic) bond motifs is 3. The molecular formula is C23H23N3O2. The normalized spacial score (nSPS) is 12.2. The molecule has 28 heavy (non-hydrogen) atoms. The fourth-order valence-electron chi connectivity index (χ4n) is 3.59. The monoisotopic (exact) mass is 373 g/mol. The predicted octanol–water partition coefficient (Wildman–Crippen LogP) is 3.73. The van der Waals surface area contributed by atoms with Crippen LogP contribution in [0.25, 0.3) is 5.69 Å². The molecule has 1 N–H and O–H groups in total. The number of para-hydroxylation sites is 2. The van der Waals surface area contributed by atoms with Gasteiger partial charge >= 0.3 is 0 Å². The van der Waals surface area contributed by atoms with Crippen LogP contribution in [0, 0.1) is 6.92 Å². The van der Waals surface area contributed by atoms with Gasteiger partial charge in [-0.05, 0) is 42.3 Å². The minimum absolute atomic E-state index is 0.0362. The number of aromatic nitrogens is 1. The van der Waals surface area contributed by atoms with Crippen molar-refractivity contribution >= 4 is 17.5 Å². The van der Waals surface area contributed by atoms with Crippen molar-refractivity contribution in [2.24, 2.45) is 0 Å². The minimum Gasteiger partial charge on any atom is -0.352 e. The number of anilines is 1. The minimum atomic E-state index is -0.106. The molecule has 0 saturated carbocycles. The Hall–Kier alpha value is -3.34. The Balaban J connectivity index is 1.38. The van der Waals surface area contributed by atoms with Gasteiger partial charge in [-0.3, -0.25) is 9.59 Å². The van der Waals surface area contributed by atoms with Crippen LogP contribution in [0.3, 0.4) is 0 Å². The van der Waals surface area contributed by atoms with Gasteiger partial charge in [-0.1, -0.05) is 36.4 Å². The summed E-state index contributed by atoms with van der Waals surface area (Å²) in [6, 6.07) is 19.8. The molecule has 0 aliphatic carbocycles. The van der Waals surface area contributed by atoms with E-state index in [-0.39, 0.29) is 24.7 Å². The molecule has 0 fully saturated rings. The lowest BCUT2D eigenvalue weighted by Gasteiger charge is -2.31. The van der Waals surface area contributed by atoms with Gasteiger partial charge < -0.3 is 14.8 Å². The SMILES string of the molecule is Cc1ccccc1CNC(=O)CCC(=O)N1Cc2cccn2-c2ccccc21. The molecule has 4 rings (SSSR count). The Labute approximate surface area is 164 Å². The molecule has 2 aromatic carbocycles. The first-order valence-corrected chi connectivity index (χ1v) is 9.50. The highest BCUT2D eigenvalue weighted by atomic mass is 16.2. The number of hydrogen-bond donors (Lipinski definition) is 1. The van der Waals surface area contributed by atoms with Crippen LogP contribution in [-0.4, -0.2) is 16.4 Å². The summed E-state index contributed by atoms with van der Waals surface area (Å²) >= 11 is 0. The summed E-state index contributed by atoms with van der Waals surface area (Å²) < 4.78 is 2.11. The van der Waals surface area contributed by atoms with Crippen LogP contribution in [0.15, 0.2) is 66.9 Å². The van der Waals surface area contributed by atoms with Crippen molar-refractivity contribution in [1.29, 1.82) is 0 Å². The van der Waals surface area contributed by atoms with Crippen molar-refractivity contribution in [1.82, 2.24) is 9.88 Å². The van der Waals surface area contributed by atoms with E-state index in [1.165, 1.54) is 0 Å². The van der Waals surface area contributed by atoms with E-state index in [1.54, 1.807) is 4.90 Å². The number of benzene rings is 2. The van der Waals surface area contributed by atoms with Crippen molar-refractivity contribution in [2.45, 2.75) is 32.9 Å². The maximum Gasteiger partial charge on any atom is 0.227 e. The van der Waals surface area contributed by atoms with Crippen molar-refractivity contribution in [3.05, 3.63) is 83.7 Å². The first kappa shape index (κ1) is 18.0. The molecule has 0 atom stereocenters. The van der Waals surface area contributed by atoms with Gasteiger partial charge in [0.25, 0.3) is 0 Å². The Morgan fingerprint density at radius 2 is 1.68 bits per heavy atom. The first-order chi connectivity index (χ1) is 13.6. The molecule has 2 heterocycles. The highest BCUT2D eigenvalue weighted by Crippen LogP contribution is 2.32. The van der Waals surface area contributed by atoms with Crippen LogP contribution in [0.5, 0.6) is 0 Å². The van der Waals surface area contributed by atoms with Crippen molar-refractivity contribution in [3.8, 4) is 5.69 Å². The van der Waals surface area contributed by atoms with E-state index < -0.39 is 0 Å². The van der Waals surface area contributed by atoms with Gasteiger partial charge in [-0.25, -0.2) is 0 Å². The van der Waals surface area contributed by atoms with Crippen LogP contribution in [0.1, 0.15) is 29.7 Å². The largest absolute Gasteiger partial charge is 0.352 e. The second-order valence-electron chi connectivity index (χ2n) is 7.04. The second-order valence-corrected chi connectivity index (χ2v) is 7.04. The van der Waals surface area contributed by atoms with E-state index in [2.05, 4.69) is 9.88 Å². The standard InChI is InChI=1S/C23H23N3O2/c1-17-7-2-3-8-18(17)15-24-22(27)12-13-23(28)26-16-19-9-6-14-25(19)20-10-4-5-11-21(20)26/h2-11,14H,12-13,15-16H2,1H3,(H,24,27). The molecule has 5 nitrogen and oxygen atoms in total. The summed E-state index contributed by atoms with van der Waals surface area (Å²) in [6.07, 6.45) is 2.38. The molecule has 1 aromatic heterocycles. The molecule has 2 amide bonds. The molecule has 1 aliphatic rings. The predicted molar refractivity (Wildman–Crippen MR) is 109 cm³/mol. The number of amides is 2. The fraction of sp³-hybridized carbons (Fsp3) is 0.217. The Morgan fingerprint density at radius 1 is 0.929 bits per heavy atom. The molecule has 5 heteroatoms. The molecule has 1 aliphatic heterocycles. The van der Waals surface area contributed by atoms with E-state index >= 15 is 0 Å². The number of nitrogens with zero attached hydrogens (tertiary/aromatic N) is 2. The topological polar surface area (TPSA) is 54.3 Å². The highest BCUT2D eigenvalue weighted by Gasteiger charge is 2.25. The summed E-state index contributed by atoms with van der Waals surface area (Å²) in [5.41, 5.74) is 5.18. The van der Waals surface area contributed by atoms with Gasteiger partial charge in [-0.15, -0.1) is 0 Å². The third-order valence-electron chi connectivity index (χ3n) is 5.19. The van der Waals surface area contributed by atoms with E-state index in [4.69, 9.17) is 0 Å². The summed E-state index contributed by atoms with van der Waals surface area (Å²) in [6.45, 7) is 3.03. The number of carbonyl (C=O) groups is 2. The zero-order valence-electron chi connectivity index (χ0n) is 15.9. The van der Waals surface area contributed by atoms with E-state index in [0.717, 1.165) is 28.2 Å². The summed E-state index contributed by atoms with van der Waals surface area (Å²) in [5.74, 6) is -0.142. The van der Waals surface area contributed by atoms with Crippen molar-refractivity contribution < 1.29 is 9.59 Å². The molecule has 3 aromatic rings. The summed E-state index contributed by atoms with van der Waals surface area (Å²) in [5, 5.41) is 2.91. The number of aryl methyl sites for hydroxylation is 1. The molecule has 0 saturated heterocycles. The maximum absolute atomic E-state index is 12.9. The Morgan fingerprint density at radius 3 is 2.50 bits per heavy atom. The van der Waals surface area contributed by atoms with Gasteiger partial charge in [0.1, 0.15) is 0 Å². The third kappa shape index (κ3) is 3.56. The molecular weight excluding hydrogens is 350 g/mol. The van der Waals surface area contributed by atoms with Crippen LogP contribution < -0.4 is 10.2 Å². The lowest BCUT2D eigenvalue weighted by atomic mass is 10.1. The van der Waals surface area contributed by atoms with Gasteiger partial charge in [0, 0.05) is 31.3 Å². The van der Waals surface area contributed by atoms with Crippen LogP contribution in [0.2, 0.25) is 0 Å². The molecule has 142 valence electrons. The lowest BCUT2D eigenvalue weighted by molar-refractivity contribution is -0.125. The zero-order chi connectivity index (χ0) is 19.5. The molecule has 0 unspecified atom stereocenters. The van der Waals surface area contributed by atoms with E-state index in [1.807, 2.05) is 73.8 Å². The van der Waals surface area contributed by atoms with Crippen molar-refractivity contribution in [3.63, 3.8) is 0 Å². The summed E-state index contributed by atoms with van der Waals surface area (Å²) in [4.78, 5) is 26.9. The average molecular weight is 373 g/mol. The van der Waals surface area contributed by atoms with Gasteiger partial charge in [0.2, 0.25) is 11.8 Å². The second kappa shape index (κ2) is 7.72. The quantitative estimate of drug-likeness (QED) is 0.741. The van der Waals surface area contributed by atoms with Gasteiger partial charge in [0.15, 0.2) is 0 Å². The molecule has 0 radical (unpaired) electrons. The molecule has 0 bridgehead atoms. The van der Waals surface area contributed by atoms with E-state index in [9.17, 15) is 9.59 Å². The van der Waals surface area contributed by atoms with Gasteiger partial charge in [-0.2, -0.15) is 0 Å². The first-order valence-electron chi connectivity index (χ1n) is 9.50. The Kier molecular flexibility index (Phi) is 4.98. The zero-order valence-corrected chi connectivity index (χ0v) is 15.9. The number of hydrogen-bond acceptors (Lipinski definition) is 2. The van der Waals surface area contributed by atoms with Crippen LogP contribution >= 0.6 is 0 Å². The fourth-order valence-corrected chi connectivity index (χ4v) is 3.59. The van der Waals surface area contributed by atoms with Crippen LogP contribution in [-0.2, 0) is 22.7 Å². The Bertz CT molecular complexity index is 1020. The summed E-state index contributed by atoms with van der Waals surface area (Å²) in [7, 11) is 0. The third-order valence-corrected chi connectivity index (χ3v) is 5.19. The van der Waals surface area contributed by atoms with E-state index in [0.29, 0.717) is 13.1 Å². The van der Waals surface area contributed by atoms with Gasteiger partial charge in [0.05, 0.1) is 17.9 Å². The van der Waals surface area contributed by atoms with Crippen molar-refractivity contribution in [2.75, 3.05) is 4.90 Å². The molecule has 0 spiro atoms. The maximum atomic E-state index is 12.9.